The molecule has 4 nitrogen and oxygen atoms in total. The molecule has 2 N–H and O–H groups in total. The van der Waals surface area contributed by atoms with Crippen LogP contribution in [0, 0.1) is 0 Å². The molecule has 0 aliphatic heterocycles. The van der Waals surface area contributed by atoms with Crippen molar-refractivity contribution in [2.75, 3.05) is 0 Å². The molecule has 1 aromatic rings. The van der Waals surface area contributed by atoms with E-state index < -0.39 is 17.4 Å². The second kappa shape index (κ2) is 6.60. The van der Waals surface area contributed by atoms with Crippen LogP contribution in [0.4, 0.5) is 0 Å². The third kappa shape index (κ3) is 3.28. The lowest BCUT2D eigenvalue weighted by molar-refractivity contribution is -0.143. The van der Waals surface area contributed by atoms with Gasteiger partial charge in [0.05, 0.1) is 5.41 Å². The van der Waals surface area contributed by atoms with Crippen molar-refractivity contribution in [2.45, 2.75) is 50.5 Å². The number of hydrogen-bond donors (Lipinski definition) is 2. The maximum Gasteiger partial charge on any atom is 0.326 e. The summed E-state index contributed by atoms with van der Waals surface area (Å²) in [5, 5.41) is 11.9. The van der Waals surface area contributed by atoms with Crippen LogP contribution < -0.4 is 5.32 Å². The average molecular weight is 354 g/mol. The second-order valence-corrected chi connectivity index (χ2v) is 6.51. The number of carbonyl (C=O) groups is 2. The first-order chi connectivity index (χ1) is 9.99. The molecule has 0 aromatic heterocycles. The average Bonchev–Trinajstić information content (AvgIpc) is 2.39. The summed E-state index contributed by atoms with van der Waals surface area (Å²) >= 11 is 3.39. The number of nitrogens with one attached hydrogen (secondary N) is 1. The van der Waals surface area contributed by atoms with Crippen LogP contribution in [0.25, 0.3) is 0 Å². The summed E-state index contributed by atoms with van der Waals surface area (Å²) in [5.41, 5.74) is 0.414. The number of carboxylic acids is 1. The van der Waals surface area contributed by atoms with Gasteiger partial charge in [0.25, 0.3) is 0 Å². The summed E-state index contributed by atoms with van der Waals surface area (Å²) in [5.74, 6) is -1.12. The first-order valence-electron chi connectivity index (χ1n) is 7.29. The largest absolute Gasteiger partial charge is 0.480 e. The minimum Gasteiger partial charge on any atom is -0.480 e. The topological polar surface area (TPSA) is 66.4 Å². The number of hydrogen-bond acceptors (Lipinski definition) is 2. The summed E-state index contributed by atoms with van der Waals surface area (Å²) < 4.78 is 0.968. The Hall–Kier alpha value is -1.36. The lowest BCUT2D eigenvalue weighted by atomic mass is 9.63. The quantitative estimate of drug-likeness (QED) is 0.824. The van der Waals surface area contributed by atoms with Gasteiger partial charge in [-0.3, -0.25) is 4.79 Å². The lowest BCUT2D eigenvalue weighted by Gasteiger charge is -2.41. The Morgan fingerprint density at radius 2 is 1.95 bits per heavy atom. The summed E-state index contributed by atoms with van der Waals surface area (Å²) in [6, 6.07) is 6.93. The zero-order valence-electron chi connectivity index (χ0n) is 12.1. The van der Waals surface area contributed by atoms with Crippen molar-refractivity contribution in [3.8, 4) is 0 Å². The number of aliphatic carboxylic acids is 1. The molecule has 1 fully saturated rings. The van der Waals surface area contributed by atoms with E-state index in [0.29, 0.717) is 6.42 Å². The molecule has 1 saturated carbocycles. The van der Waals surface area contributed by atoms with Gasteiger partial charge in [0, 0.05) is 4.47 Å². The highest BCUT2D eigenvalue weighted by molar-refractivity contribution is 9.10. The third-order valence-electron chi connectivity index (χ3n) is 4.22. The van der Waals surface area contributed by atoms with Crippen LogP contribution in [0.2, 0.25) is 0 Å². The monoisotopic (exact) mass is 353 g/mol. The maximum absolute atomic E-state index is 12.6. The Morgan fingerprint density at radius 1 is 1.33 bits per heavy atom. The molecule has 2 rings (SSSR count). The molecule has 21 heavy (non-hydrogen) atoms. The molecule has 1 aliphatic rings. The third-order valence-corrected chi connectivity index (χ3v) is 4.75. The van der Waals surface area contributed by atoms with Crippen molar-refractivity contribution in [3.05, 3.63) is 34.3 Å². The van der Waals surface area contributed by atoms with Crippen LogP contribution in [-0.2, 0) is 15.0 Å². The fourth-order valence-electron chi connectivity index (χ4n) is 2.79. The van der Waals surface area contributed by atoms with Crippen molar-refractivity contribution in [2.24, 2.45) is 0 Å². The molecular formula is C16H20BrNO3. The summed E-state index contributed by atoms with van der Waals surface area (Å²) in [6.45, 7) is 1.91. The molecule has 0 bridgehead atoms. The van der Waals surface area contributed by atoms with Crippen LogP contribution in [0.5, 0.6) is 0 Å². The highest BCUT2D eigenvalue weighted by Crippen LogP contribution is 2.44. The molecule has 5 heteroatoms. The van der Waals surface area contributed by atoms with E-state index >= 15 is 0 Å². The number of benzene rings is 1. The highest BCUT2D eigenvalue weighted by Gasteiger charge is 2.46. The predicted molar refractivity (Wildman–Crippen MR) is 84.1 cm³/mol. The van der Waals surface area contributed by atoms with Gasteiger partial charge < -0.3 is 10.4 Å². The summed E-state index contributed by atoms with van der Waals surface area (Å²) in [6.07, 6.45) is 3.73. The van der Waals surface area contributed by atoms with Crippen molar-refractivity contribution in [1.29, 1.82) is 0 Å². The van der Waals surface area contributed by atoms with E-state index in [1.165, 1.54) is 0 Å². The fourth-order valence-corrected chi connectivity index (χ4v) is 3.05. The molecule has 0 saturated heterocycles. The van der Waals surface area contributed by atoms with Gasteiger partial charge in [0.15, 0.2) is 0 Å². The van der Waals surface area contributed by atoms with Crippen molar-refractivity contribution < 1.29 is 14.7 Å². The Balaban J connectivity index is 2.18. The van der Waals surface area contributed by atoms with Crippen molar-refractivity contribution in [1.82, 2.24) is 5.32 Å². The van der Waals surface area contributed by atoms with Crippen LogP contribution in [-0.4, -0.2) is 23.0 Å². The Bertz CT molecular complexity index is 523. The van der Waals surface area contributed by atoms with Crippen LogP contribution in [0.1, 0.15) is 44.6 Å². The van der Waals surface area contributed by atoms with Gasteiger partial charge in [-0.25, -0.2) is 4.79 Å². The van der Waals surface area contributed by atoms with Gasteiger partial charge in [-0.15, -0.1) is 0 Å². The van der Waals surface area contributed by atoms with E-state index in [-0.39, 0.29) is 5.91 Å². The highest BCUT2D eigenvalue weighted by atomic mass is 79.9. The summed E-state index contributed by atoms with van der Waals surface area (Å²) in [4.78, 5) is 23.9. The van der Waals surface area contributed by atoms with E-state index in [9.17, 15) is 14.7 Å². The van der Waals surface area contributed by atoms with Crippen molar-refractivity contribution >= 4 is 27.8 Å². The van der Waals surface area contributed by atoms with Crippen molar-refractivity contribution in [3.63, 3.8) is 0 Å². The number of rotatable bonds is 6. The van der Waals surface area contributed by atoms with Gasteiger partial charge in [0.1, 0.15) is 6.04 Å². The van der Waals surface area contributed by atoms with E-state index in [1.807, 2.05) is 31.2 Å². The van der Waals surface area contributed by atoms with Crippen LogP contribution in [0.3, 0.4) is 0 Å². The summed E-state index contributed by atoms with van der Waals surface area (Å²) in [7, 11) is 0. The number of carbonyl (C=O) groups excluding carboxylic acids is 1. The van der Waals surface area contributed by atoms with Gasteiger partial charge in [-0.1, -0.05) is 47.8 Å². The molecule has 114 valence electrons. The molecule has 1 unspecified atom stereocenters. The fraction of sp³-hybridized carbons (Fsp3) is 0.500. The van der Waals surface area contributed by atoms with Gasteiger partial charge >= 0.3 is 5.97 Å². The first-order valence-corrected chi connectivity index (χ1v) is 8.09. The Morgan fingerprint density at radius 3 is 2.38 bits per heavy atom. The molecule has 0 heterocycles. The molecule has 1 aliphatic carbocycles. The standard InChI is InChI=1S/C16H20BrNO3/c1-2-4-13(14(19)20)18-15(21)16(9-3-10-16)11-5-7-12(17)8-6-11/h5-8,13H,2-4,9-10H2,1H3,(H,18,21)(H,19,20). The minimum atomic E-state index is -0.963. The molecule has 1 aromatic carbocycles. The SMILES string of the molecule is CCCC(NC(=O)C1(c2ccc(Br)cc2)CCC1)C(=O)O. The minimum absolute atomic E-state index is 0.156. The van der Waals surface area contributed by atoms with Gasteiger partial charge in [-0.05, 0) is 37.0 Å². The normalized spacial score (nSPS) is 17.6. The van der Waals surface area contributed by atoms with E-state index in [2.05, 4.69) is 21.2 Å². The molecule has 0 spiro atoms. The van der Waals surface area contributed by atoms with Crippen LogP contribution >= 0.6 is 15.9 Å². The zero-order chi connectivity index (χ0) is 15.5. The lowest BCUT2D eigenvalue weighted by Crippen LogP contribution is -2.53. The van der Waals surface area contributed by atoms with E-state index in [0.717, 1.165) is 35.7 Å². The molecule has 1 amide bonds. The molecule has 1 atom stereocenters. The predicted octanol–water partition coefficient (Wildman–Crippen LogP) is 3.24. The number of carboxylic acid groups (broad SMARTS) is 1. The smallest absolute Gasteiger partial charge is 0.326 e. The molecular weight excluding hydrogens is 334 g/mol. The van der Waals surface area contributed by atoms with E-state index in [1.54, 1.807) is 0 Å². The molecule has 0 radical (unpaired) electrons. The van der Waals surface area contributed by atoms with Gasteiger partial charge in [0.2, 0.25) is 5.91 Å². The zero-order valence-corrected chi connectivity index (χ0v) is 13.6. The Kier molecular flexibility index (Phi) is 5.04. The van der Waals surface area contributed by atoms with Crippen LogP contribution in [0.15, 0.2) is 28.7 Å². The van der Waals surface area contributed by atoms with Gasteiger partial charge in [-0.2, -0.15) is 0 Å². The Labute approximate surface area is 133 Å². The second-order valence-electron chi connectivity index (χ2n) is 5.60. The maximum atomic E-state index is 12.6. The number of halogens is 1. The number of amides is 1. The van der Waals surface area contributed by atoms with E-state index in [4.69, 9.17) is 0 Å². The first kappa shape index (κ1) is 16.0.